The molecule has 2 aromatic rings. The van der Waals surface area contributed by atoms with E-state index in [0.717, 1.165) is 5.39 Å². The Hall–Kier alpha value is -1.57. The number of nitrogens with zero attached hydrogens (tertiary/aromatic N) is 2. The van der Waals surface area contributed by atoms with Gasteiger partial charge in [0, 0.05) is 5.39 Å². The highest BCUT2D eigenvalue weighted by molar-refractivity contribution is 6.90. The van der Waals surface area contributed by atoms with Crippen LogP contribution in [0.1, 0.15) is 47.2 Å². The van der Waals surface area contributed by atoms with E-state index in [0.29, 0.717) is 33.6 Å². The standard InChI is InChI=1S/C20H27ClN2OSi/c1-13(2)25(14(3)4,15(5)6)12-11-17-16-9-8-10-18(24-7)19(16)23-20(21)22-17/h8-10,13-15H,1-7H3. The number of ether oxygens (including phenoxy) is 1. The number of hydrogen-bond donors (Lipinski definition) is 0. The monoisotopic (exact) mass is 374 g/mol. The highest BCUT2D eigenvalue weighted by Crippen LogP contribution is 2.41. The van der Waals surface area contributed by atoms with Gasteiger partial charge in [-0.2, -0.15) is 0 Å². The Labute approximate surface area is 157 Å². The number of halogens is 1. The number of aromatic nitrogens is 2. The number of methoxy groups -OCH3 is 1. The van der Waals surface area contributed by atoms with Gasteiger partial charge in [0.25, 0.3) is 0 Å². The predicted molar refractivity (Wildman–Crippen MR) is 109 cm³/mol. The van der Waals surface area contributed by atoms with Gasteiger partial charge in [-0.3, -0.25) is 0 Å². The van der Waals surface area contributed by atoms with Gasteiger partial charge >= 0.3 is 0 Å². The minimum absolute atomic E-state index is 0.201. The third kappa shape index (κ3) is 3.68. The Morgan fingerprint density at radius 2 is 1.60 bits per heavy atom. The second kappa shape index (κ2) is 7.76. The second-order valence-corrected chi connectivity index (χ2v) is 13.3. The summed E-state index contributed by atoms with van der Waals surface area (Å²) in [6.07, 6.45) is 0. The highest BCUT2D eigenvalue weighted by Gasteiger charge is 2.41. The van der Waals surface area contributed by atoms with Gasteiger partial charge in [-0.1, -0.05) is 53.5 Å². The predicted octanol–water partition coefficient (Wildman–Crippen LogP) is 5.86. The Morgan fingerprint density at radius 3 is 2.12 bits per heavy atom. The summed E-state index contributed by atoms with van der Waals surface area (Å²) in [4.78, 5) is 8.73. The lowest BCUT2D eigenvalue weighted by atomic mass is 10.2. The van der Waals surface area contributed by atoms with E-state index in [-0.39, 0.29) is 5.28 Å². The van der Waals surface area contributed by atoms with Crippen molar-refractivity contribution in [3.63, 3.8) is 0 Å². The number of rotatable bonds is 4. The summed E-state index contributed by atoms with van der Waals surface area (Å²) in [5.74, 6) is 4.07. The van der Waals surface area contributed by atoms with Crippen molar-refractivity contribution in [2.75, 3.05) is 7.11 Å². The molecule has 0 fully saturated rings. The van der Waals surface area contributed by atoms with E-state index in [4.69, 9.17) is 16.3 Å². The summed E-state index contributed by atoms with van der Waals surface area (Å²) < 4.78 is 5.41. The zero-order valence-corrected chi connectivity index (χ0v) is 17.9. The maximum absolute atomic E-state index is 6.16. The molecule has 0 N–H and O–H groups in total. The smallest absolute Gasteiger partial charge is 0.224 e. The average molecular weight is 375 g/mol. The molecule has 134 valence electrons. The van der Waals surface area contributed by atoms with Crippen molar-refractivity contribution in [2.24, 2.45) is 0 Å². The van der Waals surface area contributed by atoms with Crippen molar-refractivity contribution in [3.05, 3.63) is 29.2 Å². The molecule has 0 aliphatic rings. The molecule has 3 nitrogen and oxygen atoms in total. The summed E-state index contributed by atoms with van der Waals surface area (Å²) in [5.41, 5.74) is 6.80. The largest absolute Gasteiger partial charge is 0.494 e. The molecule has 0 spiro atoms. The first-order valence-corrected chi connectivity index (χ1v) is 11.4. The van der Waals surface area contributed by atoms with E-state index in [1.807, 2.05) is 18.2 Å². The van der Waals surface area contributed by atoms with E-state index in [2.05, 4.69) is 63.0 Å². The van der Waals surface area contributed by atoms with Gasteiger partial charge in [0.15, 0.2) is 0 Å². The normalized spacial score (nSPS) is 12.0. The molecule has 0 atom stereocenters. The minimum Gasteiger partial charge on any atom is -0.494 e. The molecule has 0 saturated heterocycles. The molecule has 25 heavy (non-hydrogen) atoms. The molecule has 0 amide bonds. The molecule has 0 unspecified atom stereocenters. The second-order valence-electron chi connectivity index (χ2n) is 7.34. The average Bonchev–Trinajstić information content (AvgIpc) is 2.53. The Kier molecular flexibility index (Phi) is 6.13. The number of fused-ring (bicyclic) bond motifs is 1. The van der Waals surface area contributed by atoms with E-state index in [1.165, 1.54) is 0 Å². The van der Waals surface area contributed by atoms with E-state index >= 15 is 0 Å². The third-order valence-corrected chi connectivity index (χ3v) is 11.6. The maximum atomic E-state index is 6.16. The molecule has 1 aromatic heterocycles. The lowest BCUT2D eigenvalue weighted by Gasteiger charge is -2.38. The molecule has 0 bridgehead atoms. The summed E-state index contributed by atoms with van der Waals surface area (Å²) in [5, 5.41) is 1.09. The SMILES string of the molecule is COc1cccc2c(C#C[Si](C(C)C)(C(C)C)C(C)C)nc(Cl)nc12. The van der Waals surface area contributed by atoms with E-state index < -0.39 is 8.07 Å². The van der Waals surface area contributed by atoms with Crippen molar-refractivity contribution in [2.45, 2.75) is 58.2 Å². The summed E-state index contributed by atoms with van der Waals surface area (Å²) in [6, 6.07) is 5.78. The first-order valence-electron chi connectivity index (χ1n) is 8.77. The van der Waals surface area contributed by atoms with Gasteiger partial charge in [0.2, 0.25) is 5.28 Å². The highest BCUT2D eigenvalue weighted by atomic mass is 35.5. The van der Waals surface area contributed by atoms with Crippen molar-refractivity contribution >= 4 is 30.6 Å². The number of para-hydroxylation sites is 1. The van der Waals surface area contributed by atoms with Crippen LogP contribution in [0.4, 0.5) is 0 Å². The summed E-state index contributed by atoms with van der Waals surface area (Å²) in [6.45, 7) is 13.8. The fourth-order valence-electron chi connectivity index (χ4n) is 3.96. The van der Waals surface area contributed by atoms with Crippen LogP contribution >= 0.6 is 11.6 Å². The number of hydrogen-bond acceptors (Lipinski definition) is 3. The van der Waals surface area contributed by atoms with Gasteiger partial charge < -0.3 is 4.74 Å². The quantitative estimate of drug-likeness (QED) is 0.382. The molecular formula is C20H27ClN2OSi. The maximum Gasteiger partial charge on any atom is 0.224 e. The molecule has 0 aliphatic heterocycles. The van der Waals surface area contributed by atoms with Crippen LogP contribution in [0.2, 0.25) is 21.9 Å². The zero-order valence-electron chi connectivity index (χ0n) is 16.1. The van der Waals surface area contributed by atoms with Gasteiger partial charge in [0.05, 0.1) is 7.11 Å². The van der Waals surface area contributed by atoms with E-state index in [9.17, 15) is 0 Å². The van der Waals surface area contributed by atoms with Crippen molar-refractivity contribution in [3.8, 4) is 17.2 Å². The van der Waals surface area contributed by atoms with Crippen molar-refractivity contribution in [1.29, 1.82) is 0 Å². The van der Waals surface area contributed by atoms with Crippen LogP contribution < -0.4 is 4.74 Å². The van der Waals surface area contributed by atoms with E-state index in [1.54, 1.807) is 7.11 Å². The van der Waals surface area contributed by atoms with Gasteiger partial charge in [-0.15, -0.1) is 5.54 Å². The molecule has 0 radical (unpaired) electrons. The first kappa shape index (κ1) is 19.7. The molecular weight excluding hydrogens is 348 g/mol. The van der Waals surface area contributed by atoms with Gasteiger partial charge in [0.1, 0.15) is 25.0 Å². The topological polar surface area (TPSA) is 35.0 Å². The fraction of sp³-hybridized carbons (Fsp3) is 0.500. The first-order chi connectivity index (χ1) is 11.7. The zero-order chi connectivity index (χ0) is 18.8. The molecule has 2 rings (SSSR count). The molecule has 5 heteroatoms. The molecule has 0 saturated carbocycles. The Morgan fingerprint density at radius 1 is 1.00 bits per heavy atom. The van der Waals surface area contributed by atoms with Crippen LogP contribution in [-0.4, -0.2) is 25.2 Å². The van der Waals surface area contributed by atoms with Crippen LogP contribution in [-0.2, 0) is 0 Å². The Bertz CT molecular complexity index is 800. The third-order valence-electron chi connectivity index (χ3n) is 5.15. The molecule has 0 aliphatic carbocycles. The molecule has 1 heterocycles. The van der Waals surface area contributed by atoms with Crippen LogP contribution in [0.15, 0.2) is 18.2 Å². The number of benzene rings is 1. The Balaban J connectivity index is 2.71. The molecule has 1 aromatic carbocycles. The summed E-state index contributed by atoms with van der Waals surface area (Å²) in [7, 11) is -0.204. The van der Waals surface area contributed by atoms with Crippen molar-refractivity contribution < 1.29 is 4.74 Å². The van der Waals surface area contributed by atoms with Gasteiger partial charge in [-0.05, 0) is 40.4 Å². The minimum atomic E-state index is -1.83. The van der Waals surface area contributed by atoms with Crippen LogP contribution in [0.3, 0.4) is 0 Å². The lowest BCUT2D eigenvalue weighted by molar-refractivity contribution is 0.419. The fourth-order valence-corrected chi connectivity index (χ4v) is 9.33. The van der Waals surface area contributed by atoms with Crippen LogP contribution in [0.5, 0.6) is 5.75 Å². The van der Waals surface area contributed by atoms with Crippen molar-refractivity contribution in [1.82, 2.24) is 9.97 Å². The van der Waals surface area contributed by atoms with Gasteiger partial charge in [-0.25, -0.2) is 9.97 Å². The lowest BCUT2D eigenvalue weighted by Crippen LogP contribution is -2.43. The van der Waals surface area contributed by atoms with Crippen LogP contribution in [0, 0.1) is 11.5 Å². The summed E-state index contributed by atoms with van der Waals surface area (Å²) >= 11 is 6.16. The van der Waals surface area contributed by atoms with Crippen LogP contribution in [0.25, 0.3) is 10.9 Å².